The number of hydrogen-bond donors (Lipinski definition) is 1. The van der Waals surface area contributed by atoms with Crippen molar-refractivity contribution in [3.05, 3.63) is 28.5 Å². The van der Waals surface area contributed by atoms with E-state index in [1.54, 1.807) is 13.2 Å². The number of hydrogen-bond acceptors (Lipinski definition) is 4. The molecule has 8 heteroatoms. The molecule has 1 saturated heterocycles. The second-order valence-electron chi connectivity index (χ2n) is 5.64. The summed E-state index contributed by atoms with van der Waals surface area (Å²) in [5, 5.41) is 10.3. The molecule has 1 N–H and O–H groups in total. The average molecular weight is 386 g/mol. The summed E-state index contributed by atoms with van der Waals surface area (Å²) in [6.07, 6.45) is 2.05. The van der Waals surface area contributed by atoms with Crippen molar-refractivity contribution in [3.8, 4) is 0 Å². The predicted molar refractivity (Wildman–Crippen MR) is 86.7 cm³/mol. The highest BCUT2D eigenvalue weighted by Gasteiger charge is 2.44. The minimum absolute atomic E-state index is 0.150. The van der Waals surface area contributed by atoms with E-state index in [2.05, 4.69) is 20.9 Å². The number of carboxylic acid groups (broad SMARTS) is 1. The van der Waals surface area contributed by atoms with Crippen molar-refractivity contribution in [1.82, 2.24) is 14.9 Å². The number of piperidine rings is 1. The first-order valence-electron chi connectivity index (χ1n) is 7.29. The summed E-state index contributed by atoms with van der Waals surface area (Å²) in [7, 11) is 3.01. The maximum Gasteiger partial charge on any atom is 0.407 e. The van der Waals surface area contributed by atoms with Gasteiger partial charge in [-0.2, -0.15) is 0 Å². The first-order chi connectivity index (χ1) is 10.9. The molecule has 23 heavy (non-hydrogen) atoms. The van der Waals surface area contributed by atoms with Crippen LogP contribution in [0.25, 0.3) is 0 Å². The minimum atomic E-state index is -0.954. The normalized spacial score (nSPS) is 16.9. The summed E-state index contributed by atoms with van der Waals surface area (Å²) in [5.74, 6) is -0.150. The van der Waals surface area contributed by atoms with Crippen LogP contribution in [0.15, 0.2) is 22.8 Å². The number of likely N-dealkylation sites (tertiary alicyclic amines) is 1. The Balaban J connectivity index is 2.28. The maximum absolute atomic E-state index is 12.8. The average Bonchev–Trinajstić information content (AvgIpc) is 2.56. The number of aromatic nitrogens is 1. The first kappa shape index (κ1) is 17.7. The highest BCUT2D eigenvalue weighted by molar-refractivity contribution is 9.10. The molecule has 2 amide bonds. The van der Waals surface area contributed by atoms with Gasteiger partial charge in [0.1, 0.15) is 0 Å². The summed E-state index contributed by atoms with van der Waals surface area (Å²) < 4.78 is 0.841. The zero-order valence-corrected chi connectivity index (χ0v) is 14.7. The SMILES string of the molecule is CON(C)C(=O)C1(Cc2ncccc2Br)CCN(C(=O)O)CC1. The molecule has 1 fully saturated rings. The second kappa shape index (κ2) is 7.27. The van der Waals surface area contributed by atoms with Gasteiger partial charge in [0.15, 0.2) is 0 Å². The van der Waals surface area contributed by atoms with Crippen LogP contribution in [0, 0.1) is 5.41 Å². The van der Waals surface area contributed by atoms with E-state index in [9.17, 15) is 9.59 Å². The van der Waals surface area contributed by atoms with E-state index in [0.29, 0.717) is 32.4 Å². The summed E-state index contributed by atoms with van der Waals surface area (Å²) in [5.41, 5.74) is 0.0715. The smallest absolute Gasteiger partial charge is 0.407 e. The molecule has 0 unspecified atom stereocenters. The van der Waals surface area contributed by atoms with Crippen molar-refractivity contribution in [2.45, 2.75) is 19.3 Å². The molecule has 0 atom stereocenters. The molecule has 2 heterocycles. The number of carbonyl (C=O) groups excluding carboxylic acids is 1. The molecule has 0 aromatic carbocycles. The van der Waals surface area contributed by atoms with Gasteiger partial charge in [-0.05, 0) is 40.9 Å². The fraction of sp³-hybridized carbons (Fsp3) is 0.533. The van der Waals surface area contributed by atoms with E-state index in [1.165, 1.54) is 17.1 Å². The standard InChI is InChI=1S/C15H20BrN3O4/c1-18(23-2)13(20)15(5-8-19(9-6-15)14(21)22)10-12-11(16)4-3-7-17-12/h3-4,7H,5-6,8-10H2,1-2H3,(H,21,22). The van der Waals surface area contributed by atoms with Crippen molar-refractivity contribution in [3.63, 3.8) is 0 Å². The number of pyridine rings is 1. The Hall–Kier alpha value is -1.67. The molecule has 1 aromatic rings. The van der Waals surface area contributed by atoms with Crippen molar-refractivity contribution >= 4 is 27.9 Å². The van der Waals surface area contributed by atoms with E-state index >= 15 is 0 Å². The van der Waals surface area contributed by atoms with Gasteiger partial charge in [0.2, 0.25) is 0 Å². The van der Waals surface area contributed by atoms with Crippen LogP contribution < -0.4 is 0 Å². The molecule has 0 radical (unpaired) electrons. The molecule has 0 spiro atoms. The van der Waals surface area contributed by atoms with Gasteiger partial charge >= 0.3 is 6.09 Å². The third-order valence-corrected chi connectivity index (χ3v) is 5.07. The molecule has 126 valence electrons. The van der Waals surface area contributed by atoms with E-state index in [1.807, 2.05) is 12.1 Å². The van der Waals surface area contributed by atoms with Crippen LogP contribution >= 0.6 is 15.9 Å². The van der Waals surface area contributed by atoms with E-state index in [4.69, 9.17) is 9.94 Å². The van der Waals surface area contributed by atoms with Crippen LogP contribution in [-0.4, -0.2) is 59.3 Å². The zero-order chi connectivity index (χ0) is 17.0. The third-order valence-electron chi connectivity index (χ3n) is 4.35. The van der Waals surface area contributed by atoms with Crippen LogP contribution in [0.5, 0.6) is 0 Å². The molecule has 1 aliphatic rings. The topological polar surface area (TPSA) is 83.0 Å². The lowest BCUT2D eigenvalue weighted by atomic mass is 9.73. The molecular formula is C15H20BrN3O4. The summed E-state index contributed by atoms with van der Waals surface area (Å²) in [4.78, 5) is 34.7. The van der Waals surface area contributed by atoms with Crippen molar-refractivity contribution < 1.29 is 19.5 Å². The molecule has 2 rings (SSSR count). The lowest BCUT2D eigenvalue weighted by Crippen LogP contribution is -2.51. The lowest BCUT2D eigenvalue weighted by Gasteiger charge is -2.41. The number of nitrogens with zero attached hydrogens (tertiary/aromatic N) is 3. The summed E-state index contributed by atoms with van der Waals surface area (Å²) in [6, 6.07) is 3.70. The van der Waals surface area contributed by atoms with Crippen molar-refractivity contribution in [1.29, 1.82) is 0 Å². The van der Waals surface area contributed by atoms with Crippen LogP contribution in [0.2, 0.25) is 0 Å². The maximum atomic E-state index is 12.8. The quantitative estimate of drug-likeness (QED) is 0.802. The van der Waals surface area contributed by atoms with E-state index in [-0.39, 0.29) is 5.91 Å². The Kier molecular flexibility index (Phi) is 5.59. The van der Waals surface area contributed by atoms with Gasteiger partial charge in [-0.1, -0.05) is 0 Å². The Labute approximate surface area is 143 Å². The predicted octanol–water partition coefficient (Wildman–Crippen LogP) is 2.17. The largest absolute Gasteiger partial charge is 0.465 e. The van der Waals surface area contributed by atoms with Crippen molar-refractivity contribution in [2.24, 2.45) is 5.41 Å². The lowest BCUT2D eigenvalue weighted by molar-refractivity contribution is -0.183. The first-order valence-corrected chi connectivity index (χ1v) is 8.08. The van der Waals surface area contributed by atoms with Crippen LogP contribution in [-0.2, 0) is 16.1 Å². The highest BCUT2D eigenvalue weighted by Crippen LogP contribution is 2.38. The van der Waals surface area contributed by atoms with Gasteiger partial charge in [0.05, 0.1) is 18.2 Å². The Morgan fingerprint density at radius 1 is 1.48 bits per heavy atom. The Bertz CT molecular complexity index is 588. The molecule has 1 aliphatic heterocycles. The zero-order valence-electron chi connectivity index (χ0n) is 13.2. The van der Waals surface area contributed by atoms with Crippen molar-refractivity contribution in [2.75, 3.05) is 27.2 Å². The number of carbonyl (C=O) groups is 2. The second-order valence-corrected chi connectivity index (χ2v) is 6.50. The van der Waals surface area contributed by atoms with Gasteiger partial charge in [0, 0.05) is 37.2 Å². The summed E-state index contributed by atoms with van der Waals surface area (Å²) >= 11 is 3.46. The van der Waals surface area contributed by atoms with E-state index < -0.39 is 11.5 Å². The molecule has 0 aliphatic carbocycles. The Morgan fingerprint density at radius 3 is 2.65 bits per heavy atom. The fourth-order valence-corrected chi connectivity index (χ4v) is 3.27. The van der Waals surface area contributed by atoms with Gasteiger partial charge in [-0.15, -0.1) is 0 Å². The number of amides is 2. The number of halogens is 1. The van der Waals surface area contributed by atoms with Gasteiger partial charge in [-0.3, -0.25) is 14.6 Å². The Morgan fingerprint density at radius 2 is 2.13 bits per heavy atom. The van der Waals surface area contributed by atoms with Gasteiger partial charge in [0.25, 0.3) is 5.91 Å². The molecule has 7 nitrogen and oxygen atoms in total. The fourth-order valence-electron chi connectivity index (χ4n) is 2.88. The van der Waals surface area contributed by atoms with Crippen LogP contribution in [0.3, 0.4) is 0 Å². The van der Waals surface area contributed by atoms with E-state index in [0.717, 1.165) is 10.2 Å². The van der Waals surface area contributed by atoms with Crippen LogP contribution in [0.1, 0.15) is 18.5 Å². The monoisotopic (exact) mass is 385 g/mol. The number of hydroxylamine groups is 2. The number of rotatable bonds is 4. The third kappa shape index (κ3) is 3.81. The molecule has 0 bridgehead atoms. The highest BCUT2D eigenvalue weighted by atomic mass is 79.9. The minimum Gasteiger partial charge on any atom is -0.465 e. The van der Waals surface area contributed by atoms with Crippen LogP contribution in [0.4, 0.5) is 4.79 Å². The molecule has 1 aromatic heterocycles. The van der Waals surface area contributed by atoms with Gasteiger partial charge in [-0.25, -0.2) is 9.86 Å². The molecule has 0 saturated carbocycles. The van der Waals surface area contributed by atoms with Gasteiger partial charge < -0.3 is 10.0 Å². The molecular weight excluding hydrogens is 366 g/mol. The summed E-state index contributed by atoms with van der Waals surface area (Å²) in [6.45, 7) is 0.645.